The van der Waals surface area contributed by atoms with E-state index in [0.717, 1.165) is 27.7 Å². The van der Waals surface area contributed by atoms with Crippen LogP contribution in [0.1, 0.15) is 5.56 Å². The van der Waals surface area contributed by atoms with Gasteiger partial charge in [0.25, 0.3) is 0 Å². The van der Waals surface area contributed by atoms with Gasteiger partial charge in [0.15, 0.2) is 0 Å². The molecule has 104 valence electrons. The second kappa shape index (κ2) is 5.99. The Morgan fingerprint density at radius 2 is 1.52 bits per heavy atom. The molecule has 4 heteroatoms. The van der Waals surface area contributed by atoms with Crippen molar-refractivity contribution in [3.63, 3.8) is 0 Å². The fourth-order valence-corrected chi connectivity index (χ4v) is 3.03. The molecule has 0 atom stereocenters. The molecule has 0 aliphatic heterocycles. The number of thiocarbonyl (C=S) groups is 1. The molecule has 0 aliphatic carbocycles. The Balaban J connectivity index is 2.14. The average molecular weight is 404 g/mol. The molecule has 0 aliphatic rings. The van der Waals surface area contributed by atoms with E-state index in [4.69, 9.17) is 18.0 Å². The van der Waals surface area contributed by atoms with Crippen molar-refractivity contribution in [1.82, 2.24) is 0 Å². The number of nitrogens with two attached hydrogens (primary N) is 1. The highest BCUT2D eigenvalue weighted by molar-refractivity contribution is 14.1. The van der Waals surface area contributed by atoms with E-state index in [-0.39, 0.29) is 0 Å². The molecule has 0 unspecified atom stereocenters. The van der Waals surface area contributed by atoms with Crippen LogP contribution in [0.3, 0.4) is 0 Å². The molecule has 2 nitrogen and oxygen atoms in total. The van der Waals surface area contributed by atoms with Gasteiger partial charge in [-0.2, -0.15) is 0 Å². The number of benzene rings is 3. The van der Waals surface area contributed by atoms with Crippen molar-refractivity contribution in [3.05, 3.63) is 69.8 Å². The fraction of sp³-hybridized carbons (Fsp3) is 0. The first kappa shape index (κ1) is 14.3. The highest BCUT2D eigenvalue weighted by Crippen LogP contribution is 2.30. The zero-order valence-electron chi connectivity index (χ0n) is 11.1. The molecule has 3 rings (SSSR count). The molecule has 0 radical (unpaired) electrons. The minimum absolute atomic E-state index is 0.423. The second-order valence-electron chi connectivity index (χ2n) is 4.68. The molecular formula is C17H13IN2S. The highest BCUT2D eigenvalue weighted by atomic mass is 127. The van der Waals surface area contributed by atoms with Crippen LogP contribution >= 0.6 is 34.8 Å². The highest BCUT2D eigenvalue weighted by Gasteiger charge is 2.08. The molecule has 0 bridgehead atoms. The maximum Gasteiger partial charge on any atom is 0.104 e. The van der Waals surface area contributed by atoms with Crippen molar-refractivity contribution in [1.29, 1.82) is 0 Å². The van der Waals surface area contributed by atoms with Crippen molar-refractivity contribution in [2.45, 2.75) is 0 Å². The van der Waals surface area contributed by atoms with E-state index in [0.29, 0.717) is 4.99 Å². The maximum absolute atomic E-state index is 5.82. The molecule has 0 spiro atoms. The van der Waals surface area contributed by atoms with Crippen LogP contribution in [0.2, 0.25) is 0 Å². The normalized spacial score (nSPS) is 10.5. The number of rotatable bonds is 3. The molecular weight excluding hydrogens is 391 g/mol. The molecule has 3 aromatic carbocycles. The lowest BCUT2D eigenvalue weighted by molar-refractivity contribution is 1.54. The predicted molar refractivity (Wildman–Crippen MR) is 102 cm³/mol. The molecule has 0 saturated heterocycles. The van der Waals surface area contributed by atoms with Crippen LogP contribution in [-0.4, -0.2) is 4.99 Å². The largest absolute Gasteiger partial charge is 0.389 e. The monoisotopic (exact) mass is 404 g/mol. The molecule has 3 N–H and O–H groups in total. The van der Waals surface area contributed by atoms with Crippen molar-refractivity contribution >= 4 is 61.9 Å². The predicted octanol–water partition coefficient (Wildman–Crippen LogP) is 4.82. The van der Waals surface area contributed by atoms with E-state index in [2.05, 4.69) is 46.1 Å². The van der Waals surface area contributed by atoms with E-state index < -0.39 is 0 Å². The summed E-state index contributed by atoms with van der Waals surface area (Å²) >= 11 is 7.46. The van der Waals surface area contributed by atoms with Crippen molar-refractivity contribution in [2.24, 2.45) is 5.73 Å². The minimum Gasteiger partial charge on any atom is -0.389 e. The van der Waals surface area contributed by atoms with Gasteiger partial charge in [-0.25, -0.2) is 0 Å². The van der Waals surface area contributed by atoms with Crippen LogP contribution in [0.25, 0.3) is 10.8 Å². The van der Waals surface area contributed by atoms with Gasteiger partial charge in [0.1, 0.15) is 4.99 Å². The smallest absolute Gasteiger partial charge is 0.104 e. The summed E-state index contributed by atoms with van der Waals surface area (Å²) in [5, 5.41) is 5.67. The van der Waals surface area contributed by atoms with Crippen LogP contribution in [0.15, 0.2) is 60.7 Å². The minimum atomic E-state index is 0.423. The number of fused-ring (bicyclic) bond motifs is 1. The number of halogens is 1. The number of anilines is 2. The van der Waals surface area contributed by atoms with Gasteiger partial charge in [-0.15, -0.1) is 0 Å². The summed E-state index contributed by atoms with van der Waals surface area (Å²) in [6, 6.07) is 20.3. The molecule has 3 aromatic rings. The van der Waals surface area contributed by atoms with Gasteiger partial charge in [-0.1, -0.05) is 48.6 Å². The first-order chi connectivity index (χ1) is 10.2. The summed E-state index contributed by atoms with van der Waals surface area (Å²) < 4.78 is 1.18. The number of para-hydroxylation sites is 1. The van der Waals surface area contributed by atoms with Gasteiger partial charge < -0.3 is 11.1 Å². The average Bonchev–Trinajstić information content (AvgIpc) is 2.49. The lowest BCUT2D eigenvalue weighted by Crippen LogP contribution is -2.10. The van der Waals surface area contributed by atoms with Gasteiger partial charge in [-0.05, 0) is 52.2 Å². The quantitative estimate of drug-likeness (QED) is 0.486. The SMILES string of the molecule is NC(=S)c1ccc(Nc2ccccc2I)c2ccccc12. The zero-order chi connectivity index (χ0) is 14.8. The summed E-state index contributed by atoms with van der Waals surface area (Å²) in [4.78, 5) is 0.423. The van der Waals surface area contributed by atoms with E-state index in [1.807, 2.05) is 42.5 Å². The Kier molecular flexibility index (Phi) is 4.07. The van der Waals surface area contributed by atoms with E-state index in [1.165, 1.54) is 3.57 Å². The van der Waals surface area contributed by atoms with Crippen LogP contribution in [-0.2, 0) is 0 Å². The lowest BCUT2D eigenvalue weighted by Gasteiger charge is -2.13. The van der Waals surface area contributed by atoms with Crippen molar-refractivity contribution in [2.75, 3.05) is 5.32 Å². The van der Waals surface area contributed by atoms with Gasteiger partial charge in [0, 0.05) is 20.2 Å². The Hall–Kier alpha value is -1.66. The molecule has 0 fully saturated rings. The van der Waals surface area contributed by atoms with Crippen LogP contribution in [0, 0.1) is 3.57 Å². The molecule has 0 aromatic heterocycles. The Morgan fingerprint density at radius 3 is 2.24 bits per heavy atom. The molecule has 21 heavy (non-hydrogen) atoms. The first-order valence-corrected chi connectivity index (χ1v) is 7.98. The Morgan fingerprint density at radius 1 is 0.857 bits per heavy atom. The van der Waals surface area contributed by atoms with Crippen molar-refractivity contribution in [3.8, 4) is 0 Å². The first-order valence-electron chi connectivity index (χ1n) is 6.50. The topological polar surface area (TPSA) is 38.0 Å². The van der Waals surface area contributed by atoms with Gasteiger partial charge in [0.05, 0.1) is 5.69 Å². The van der Waals surface area contributed by atoms with E-state index >= 15 is 0 Å². The standard InChI is InChI=1S/C17H13IN2S/c18-14-7-3-4-8-16(14)20-15-10-9-13(17(19)21)11-5-1-2-6-12(11)15/h1-10,20H,(H2,19,21). The number of nitrogens with one attached hydrogen (secondary N) is 1. The Bertz CT molecular complexity index is 830. The summed E-state index contributed by atoms with van der Waals surface area (Å²) in [6.07, 6.45) is 0. The summed E-state index contributed by atoms with van der Waals surface area (Å²) in [7, 11) is 0. The zero-order valence-corrected chi connectivity index (χ0v) is 14.1. The number of hydrogen-bond acceptors (Lipinski definition) is 2. The third-order valence-corrected chi connectivity index (χ3v) is 4.49. The molecule has 0 heterocycles. The second-order valence-corrected chi connectivity index (χ2v) is 6.28. The van der Waals surface area contributed by atoms with E-state index in [9.17, 15) is 0 Å². The van der Waals surface area contributed by atoms with E-state index in [1.54, 1.807) is 0 Å². The van der Waals surface area contributed by atoms with Crippen LogP contribution < -0.4 is 11.1 Å². The third-order valence-electron chi connectivity index (χ3n) is 3.33. The summed E-state index contributed by atoms with van der Waals surface area (Å²) in [5.74, 6) is 0. The fourth-order valence-electron chi connectivity index (χ4n) is 2.33. The summed E-state index contributed by atoms with van der Waals surface area (Å²) in [6.45, 7) is 0. The lowest BCUT2D eigenvalue weighted by atomic mass is 10.0. The van der Waals surface area contributed by atoms with Crippen LogP contribution in [0.5, 0.6) is 0 Å². The van der Waals surface area contributed by atoms with Crippen molar-refractivity contribution < 1.29 is 0 Å². The van der Waals surface area contributed by atoms with Gasteiger partial charge >= 0.3 is 0 Å². The van der Waals surface area contributed by atoms with Gasteiger partial charge in [0.2, 0.25) is 0 Å². The third kappa shape index (κ3) is 2.87. The van der Waals surface area contributed by atoms with Crippen LogP contribution in [0.4, 0.5) is 11.4 Å². The van der Waals surface area contributed by atoms with Gasteiger partial charge in [-0.3, -0.25) is 0 Å². The molecule has 0 amide bonds. The molecule has 0 saturated carbocycles. The number of hydrogen-bond donors (Lipinski definition) is 2. The summed E-state index contributed by atoms with van der Waals surface area (Å²) in [5.41, 5.74) is 8.87. The Labute approximate surface area is 142 Å². The maximum atomic E-state index is 5.82.